The van der Waals surface area contributed by atoms with E-state index < -0.39 is 0 Å². The van der Waals surface area contributed by atoms with Gasteiger partial charge in [-0.05, 0) is 24.3 Å². The number of imidazole rings is 1. The van der Waals surface area contributed by atoms with Gasteiger partial charge in [0.15, 0.2) is 5.82 Å². The molecule has 0 bridgehead atoms. The third-order valence-electron chi connectivity index (χ3n) is 2.86. The lowest BCUT2D eigenvalue weighted by Gasteiger charge is -2.07. The minimum absolute atomic E-state index is 0.431. The maximum atomic E-state index is 5.68. The molecule has 0 saturated carbocycles. The van der Waals surface area contributed by atoms with Crippen molar-refractivity contribution in [2.75, 3.05) is 0 Å². The van der Waals surface area contributed by atoms with E-state index in [9.17, 15) is 0 Å². The Hall–Kier alpha value is -2.27. The minimum atomic E-state index is 0.431. The van der Waals surface area contributed by atoms with Crippen molar-refractivity contribution in [3.05, 3.63) is 48.7 Å². The zero-order chi connectivity index (χ0) is 13.2. The van der Waals surface area contributed by atoms with Crippen molar-refractivity contribution in [1.82, 2.24) is 14.5 Å². The zero-order valence-corrected chi connectivity index (χ0v) is 11.0. The van der Waals surface area contributed by atoms with Gasteiger partial charge in [0.05, 0.1) is 22.6 Å². The summed E-state index contributed by atoms with van der Waals surface area (Å²) in [5.41, 5.74) is 8.43. The van der Waals surface area contributed by atoms with Crippen LogP contribution in [0.3, 0.4) is 0 Å². The van der Waals surface area contributed by atoms with E-state index in [0.717, 1.165) is 22.6 Å². The maximum absolute atomic E-state index is 5.68. The molecule has 0 aliphatic heterocycles. The molecule has 94 valence electrons. The van der Waals surface area contributed by atoms with E-state index in [-0.39, 0.29) is 0 Å². The van der Waals surface area contributed by atoms with Crippen LogP contribution in [0.25, 0.3) is 22.6 Å². The lowest BCUT2D eigenvalue weighted by atomic mass is 10.3. The number of thiocarbonyl (C=S) groups is 1. The molecule has 2 heterocycles. The lowest BCUT2D eigenvalue weighted by molar-refractivity contribution is 0.889. The van der Waals surface area contributed by atoms with Gasteiger partial charge in [0.1, 0.15) is 5.69 Å². The van der Waals surface area contributed by atoms with E-state index in [0.29, 0.717) is 11.5 Å². The smallest absolute Gasteiger partial charge is 0.160 e. The molecule has 3 rings (SSSR count). The molecule has 2 N–H and O–H groups in total. The van der Waals surface area contributed by atoms with E-state index in [1.165, 1.54) is 0 Å². The first-order valence-electron chi connectivity index (χ1n) is 5.90. The fourth-order valence-corrected chi connectivity index (χ4v) is 2.21. The van der Waals surface area contributed by atoms with Crippen molar-refractivity contribution in [3.8, 4) is 11.5 Å². The summed E-state index contributed by atoms with van der Waals surface area (Å²) in [6.45, 7) is 0.460. The Morgan fingerprint density at radius 3 is 2.68 bits per heavy atom. The zero-order valence-electron chi connectivity index (χ0n) is 10.2. The van der Waals surface area contributed by atoms with Crippen LogP contribution in [-0.2, 0) is 6.54 Å². The van der Waals surface area contributed by atoms with Crippen molar-refractivity contribution >= 4 is 28.2 Å². The number of nitrogens with zero attached hydrogens (tertiary/aromatic N) is 3. The molecule has 0 amide bonds. The van der Waals surface area contributed by atoms with E-state index in [1.807, 2.05) is 47.0 Å². The van der Waals surface area contributed by atoms with Crippen LogP contribution in [0.2, 0.25) is 0 Å². The largest absolute Gasteiger partial charge is 0.392 e. The summed E-state index contributed by atoms with van der Waals surface area (Å²) in [6, 6.07) is 13.7. The summed E-state index contributed by atoms with van der Waals surface area (Å²) in [7, 11) is 0. The summed E-state index contributed by atoms with van der Waals surface area (Å²) in [5, 5.41) is 0. The third-order valence-corrected chi connectivity index (χ3v) is 2.99. The lowest BCUT2D eigenvalue weighted by Crippen LogP contribution is -2.17. The van der Waals surface area contributed by atoms with Gasteiger partial charge in [-0.15, -0.1) is 0 Å². The highest BCUT2D eigenvalue weighted by Crippen LogP contribution is 2.22. The third kappa shape index (κ3) is 2.20. The molecule has 3 aromatic rings. The highest BCUT2D eigenvalue weighted by Gasteiger charge is 2.13. The van der Waals surface area contributed by atoms with Gasteiger partial charge >= 0.3 is 0 Å². The predicted octanol–water partition coefficient (Wildman–Crippen LogP) is 2.38. The topological polar surface area (TPSA) is 56.7 Å². The van der Waals surface area contributed by atoms with Crippen LogP contribution < -0.4 is 5.73 Å². The van der Waals surface area contributed by atoms with Crippen LogP contribution in [0.5, 0.6) is 0 Å². The van der Waals surface area contributed by atoms with Gasteiger partial charge < -0.3 is 10.3 Å². The first-order chi connectivity index (χ1) is 9.25. The molecular weight excluding hydrogens is 256 g/mol. The Morgan fingerprint density at radius 1 is 1.16 bits per heavy atom. The first-order valence-corrected chi connectivity index (χ1v) is 6.31. The van der Waals surface area contributed by atoms with Gasteiger partial charge in [-0.3, -0.25) is 4.98 Å². The molecule has 19 heavy (non-hydrogen) atoms. The Bertz CT molecular complexity index is 734. The monoisotopic (exact) mass is 268 g/mol. The second-order valence-corrected chi connectivity index (χ2v) is 4.72. The summed E-state index contributed by atoms with van der Waals surface area (Å²) < 4.78 is 2.00. The Labute approximate surface area is 115 Å². The van der Waals surface area contributed by atoms with Crippen LogP contribution >= 0.6 is 12.2 Å². The number of nitrogens with two attached hydrogens (primary N) is 1. The molecule has 0 aliphatic carbocycles. The van der Waals surface area contributed by atoms with Gasteiger partial charge in [0.2, 0.25) is 0 Å². The van der Waals surface area contributed by atoms with Crippen molar-refractivity contribution in [2.24, 2.45) is 5.73 Å². The molecule has 1 aromatic carbocycles. The number of para-hydroxylation sites is 2. The molecule has 0 unspecified atom stereocenters. The average Bonchev–Trinajstić information content (AvgIpc) is 2.78. The van der Waals surface area contributed by atoms with Crippen molar-refractivity contribution in [1.29, 1.82) is 0 Å². The number of aromatic nitrogens is 3. The summed E-state index contributed by atoms with van der Waals surface area (Å²) in [5.74, 6) is 0.787. The van der Waals surface area contributed by atoms with Crippen LogP contribution in [0, 0.1) is 0 Å². The van der Waals surface area contributed by atoms with Crippen LogP contribution in [0.15, 0.2) is 48.7 Å². The van der Waals surface area contributed by atoms with Gasteiger partial charge in [0, 0.05) is 6.20 Å². The fraction of sp³-hybridized carbons (Fsp3) is 0.0714. The minimum Gasteiger partial charge on any atom is -0.392 e. The molecule has 0 atom stereocenters. The average molecular weight is 268 g/mol. The summed E-state index contributed by atoms with van der Waals surface area (Å²) >= 11 is 5.02. The fourth-order valence-electron chi connectivity index (χ4n) is 2.08. The van der Waals surface area contributed by atoms with Crippen molar-refractivity contribution in [3.63, 3.8) is 0 Å². The van der Waals surface area contributed by atoms with E-state index in [1.54, 1.807) is 6.20 Å². The number of hydrogen-bond acceptors (Lipinski definition) is 3. The van der Waals surface area contributed by atoms with E-state index >= 15 is 0 Å². The standard InChI is InChI=1S/C14H12N4S/c15-13(19)9-18-12-7-2-1-5-10(12)17-14(18)11-6-3-4-8-16-11/h1-8H,9H2,(H2,15,19). The van der Waals surface area contributed by atoms with Crippen LogP contribution in [0.1, 0.15) is 0 Å². The molecule has 0 aliphatic rings. The molecule has 5 heteroatoms. The number of pyridine rings is 1. The van der Waals surface area contributed by atoms with Crippen LogP contribution in [-0.4, -0.2) is 19.5 Å². The maximum Gasteiger partial charge on any atom is 0.160 e. The summed E-state index contributed by atoms with van der Waals surface area (Å²) in [4.78, 5) is 9.40. The Balaban J connectivity index is 2.26. The number of hydrogen-bond donors (Lipinski definition) is 1. The second kappa shape index (κ2) is 4.78. The van der Waals surface area contributed by atoms with Gasteiger partial charge in [-0.1, -0.05) is 30.4 Å². The normalized spacial score (nSPS) is 10.7. The molecule has 0 spiro atoms. The quantitative estimate of drug-likeness (QED) is 0.741. The SMILES string of the molecule is NC(=S)Cn1c(-c2ccccn2)nc2ccccc21. The summed E-state index contributed by atoms with van der Waals surface area (Å²) in [6.07, 6.45) is 1.75. The van der Waals surface area contributed by atoms with Crippen molar-refractivity contribution in [2.45, 2.75) is 6.54 Å². The first kappa shape index (κ1) is 11.8. The molecule has 4 nitrogen and oxygen atoms in total. The van der Waals surface area contributed by atoms with Gasteiger partial charge in [-0.2, -0.15) is 0 Å². The van der Waals surface area contributed by atoms with E-state index in [2.05, 4.69) is 9.97 Å². The second-order valence-electron chi connectivity index (χ2n) is 4.19. The highest BCUT2D eigenvalue weighted by atomic mass is 32.1. The van der Waals surface area contributed by atoms with Gasteiger partial charge in [-0.25, -0.2) is 4.98 Å². The van der Waals surface area contributed by atoms with E-state index in [4.69, 9.17) is 18.0 Å². The number of benzene rings is 1. The Morgan fingerprint density at radius 2 is 1.95 bits per heavy atom. The highest BCUT2D eigenvalue weighted by molar-refractivity contribution is 7.80. The molecule has 0 saturated heterocycles. The molecule has 2 aromatic heterocycles. The number of fused-ring (bicyclic) bond motifs is 1. The Kier molecular flexibility index (Phi) is 2.97. The van der Waals surface area contributed by atoms with Crippen molar-refractivity contribution < 1.29 is 0 Å². The molecule has 0 fully saturated rings. The van der Waals surface area contributed by atoms with Crippen LogP contribution in [0.4, 0.5) is 0 Å². The number of rotatable bonds is 3. The predicted molar refractivity (Wildman–Crippen MR) is 79.7 cm³/mol. The molecule has 0 radical (unpaired) electrons. The van der Waals surface area contributed by atoms with Gasteiger partial charge in [0.25, 0.3) is 0 Å². The molecular formula is C14H12N4S.